The van der Waals surface area contributed by atoms with Crippen molar-refractivity contribution in [2.75, 3.05) is 0 Å². The zero-order valence-electron chi connectivity index (χ0n) is 10.9. The summed E-state index contributed by atoms with van der Waals surface area (Å²) in [5.74, 6) is 1.70. The molecular formula is C19H16. The minimum atomic E-state index is 0.320. The molecule has 3 aliphatic rings. The molecule has 2 bridgehead atoms. The summed E-state index contributed by atoms with van der Waals surface area (Å²) in [4.78, 5) is 0. The minimum Gasteiger partial charge on any atom is -0.0537 e. The topological polar surface area (TPSA) is 0 Å². The fourth-order valence-corrected chi connectivity index (χ4v) is 5.38. The fraction of sp³-hybridized carbons (Fsp3) is 0.368. The van der Waals surface area contributed by atoms with Crippen LogP contribution in [0, 0.1) is 24.0 Å². The maximum Gasteiger partial charge on any atom is 0.0271 e. The second kappa shape index (κ2) is 3.30. The van der Waals surface area contributed by atoms with Crippen LogP contribution in [0.4, 0.5) is 0 Å². The molecule has 19 heavy (non-hydrogen) atoms. The van der Waals surface area contributed by atoms with Crippen LogP contribution in [0.3, 0.4) is 0 Å². The van der Waals surface area contributed by atoms with Crippen molar-refractivity contribution in [2.45, 2.75) is 31.1 Å². The van der Waals surface area contributed by atoms with Gasteiger partial charge in [0.1, 0.15) is 0 Å². The van der Waals surface area contributed by atoms with Crippen LogP contribution in [0.5, 0.6) is 0 Å². The summed E-state index contributed by atoms with van der Waals surface area (Å²) in [6.45, 7) is 0. The van der Waals surface area contributed by atoms with Crippen molar-refractivity contribution >= 4 is 0 Å². The number of fused-ring (bicyclic) bond motifs is 3. The van der Waals surface area contributed by atoms with E-state index >= 15 is 0 Å². The molecule has 0 nitrogen and oxygen atoms in total. The average molecular weight is 244 g/mol. The van der Waals surface area contributed by atoms with Gasteiger partial charge in [0, 0.05) is 5.41 Å². The van der Waals surface area contributed by atoms with Gasteiger partial charge in [-0.3, -0.25) is 0 Å². The van der Waals surface area contributed by atoms with Gasteiger partial charge in [-0.1, -0.05) is 24.3 Å². The molecule has 0 N–H and O–H groups in total. The number of benzene rings is 2. The van der Waals surface area contributed by atoms with Gasteiger partial charge >= 0.3 is 0 Å². The summed E-state index contributed by atoms with van der Waals surface area (Å²) in [7, 11) is 0. The van der Waals surface area contributed by atoms with Crippen LogP contribution in [-0.4, -0.2) is 0 Å². The predicted octanol–water partition coefficient (Wildman–Crippen LogP) is 4.37. The van der Waals surface area contributed by atoms with Crippen LogP contribution >= 0.6 is 0 Å². The molecule has 0 aliphatic heterocycles. The SMILES string of the molecule is [c]1ccc2c(c1)C1(c3c[c]ccc3-2)C2CCC1CC2. The van der Waals surface area contributed by atoms with Gasteiger partial charge in [-0.2, -0.15) is 0 Å². The van der Waals surface area contributed by atoms with Gasteiger partial charge in [0.05, 0.1) is 0 Å². The maximum atomic E-state index is 3.34. The molecule has 0 heteroatoms. The number of hydrogen-bond donors (Lipinski definition) is 0. The van der Waals surface area contributed by atoms with Crippen molar-refractivity contribution in [3.8, 4) is 11.1 Å². The van der Waals surface area contributed by atoms with E-state index in [1.165, 1.54) is 36.8 Å². The first-order chi connectivity index (χ1) is 9.42. The predicted molar refractivity (Wildman–Crippen MR) is 75.8 cm³/mol. The highest BCUT2D eigenvalue weighted by Crippen LogP contribution is 2.67. The van der Waals surface area contributed by atoms with Crippen molar-refractivity contribution in [3.05, 3.63) is 59.7 Å². The Balaban J connectivity index is 1.92. The van der Waals surface area contributed by atoms with E-state index in [-0.39, 0.29) is 0 Å². The largest absolute Gasteiger partial charge is 0.0537 e. The third-order valence-corrected chi connectivity index (χ3v) is 5.92. The molecule has 2 fully saturated rings. The third-order valence-electron chi connectivity index (χ3n) is 5.92. The maximum absolute atomic E-state index is 3.34. The molecular weight excluding hydrogens is 228 g/mol. The third kappa shape index (κ3) is 1.00. The van der Waals surface area contributed by atoms with Crippen molar-refractivity contribution in [1.82, 2.24) is 0 Å². The summed E-state index contributed by atoms with van der Waals surface area (Å²) < 4.78 is 0. The summed E-state index contributed by atoms with van der Waals surface area (Å²) in [6, 6.07) is 19.9. The van der Waals surface area contributed by atoms with Crippen molar-refractivity contribution < 1.29 is 0 Å². The van der Waals surface area contributed by atoms with Gasteiger partial charge in [0.2, 0.25) is 0 Å². The monoisotopic (exact) mass is 244 g/mol. The molecule has 2 radical (unpaired) electrons. The highest BCUT2D eigenvalue weighted by molar-refractivity contribution is 5.81. The molecule has 92 valence electrons. The molecule has 0 aromatic heterocycles. The van der Waals surface area contributed by atoms with Gasteiger partial charge in [0.25, 0.3) is 0 Å². The summed E-state index contributed by atoms with van der Waals surface area (Å²) >= 11 is 0. The molecule has 2 aromatic carbocycles. The summed E-state index contributed by atoms with van der Waals surface area (Å²) in [5.41, 5.74) is 6.37. The highest BCUT2D eigenvalue weighted by Gasteiger charge is 2.59. The molecule has 1 spiro atoms. The van der Waals surface area contributed by atoms with Crippen LogP contribution in [-0.2, 0) is 5.41 Å². The Bertz CT molecular complexity index is 600. The van der Waals surface area contributed by atoms with E-state index in [9.17, 15) is 0 Å². The molecule has 0 atom stereocenters. The molecule has 5 rings (SSSR count). The minimum absolute atomic E-state index is 0.320. The van der Waals surface area contributed by atoms with Gasteiger partial charge in [-0.15, -0.1) is 0 Å². The number of hydrogen-bond acceptors (Lipinski definition) is 0. The Kier molecular flexibility index (Phi) is 1.78. The standard InChI is InChI=1S/C19H16/c1-3-7-17-15(5-1)16-6-2-4-8-18(16)19(17)13-9-10-14(19)12-11-13/h1-2,5-8,13-14H,9-12H2. The quantitative estimate of drug-likeness (QED) is 0.645. The smallest absolute Gasteiger partial charge is 0.0271 e. The molecule has 2 saturated carbocycles. The Morgan fingerprint density at radius 3 is 1.74 bits per heavy atom. The zero-order valence-corrected chi connectivity index (χ0v) is 10.9. The Morgan fingerprint density at radius 2 is 1.26 bits per heavy atom. The molecule has 0 saturated heterocycles. The lowest BCUT2D eigenvalue weighted by atomic mass is 9.70. The van der Waals surface area contributed by atoms with Crippen molar-refractivity contribution in [2.24, 2.45) is 11.8 Å². The first kappa shape index (κ1) is 10.3. The van der Waals surface area contributed by atoms with E-state index in [4.69, 9.17) is 0 Å². The lowest BCUT2D eigenvalue weighted by molar-refractivity contribution is 0.399. The van der Waals surface area contributed by atoms with Crippen LogP contribution in [0.25, 0.3) is 11.1 Å². The Morgan fingerprint density at radius 1 is 0.789 bits per heavy atom. The van der Waals surface area contributed by atoms with Crippen LogP contribution in [0.2, 0.25) is 0 Å². The average Bonchev–Trinajstić information content (AvgIpc) is 3.12. The first-order valence-electron chi connectivity index (χ1n) is 7.44. The van der Waals surface area contributed by atoms with E-state index in [1.807, 2.05) is 0 Å². The van der Waals surface area contributed by atoms with Gasteiger partial charge in [-0.25, -0.2) is 0 Å². The Labute approximate surface area is 114 Å². The molecule has 0 unspecified atom stereocenters. The highest BCUT2D eigenvalue weighted by atomic mass is 14.6. The fourth-order valence-electron chi connectivity index (χ4n) is 5.38. The first-order valence-corrected chi connectivity index (χ1v) is 7.44. The second-order valence-corrected chi connectivity index (χ2v) is 6.36. The van der Waals surface area contributed by atoms with E-state index in [2.05, 4.69) is 48.5 Å². The lowest BCUT2D eigenvalue weighted by Crippen LogP contribution is -2.30. The number of rotatable bonds is 0. The van der Waals surface area contributed by atoms with Gasteiger partial charge in [0.15, 0.2) is 0 Å². The van der Waals surface area contributed by atoms with Gasteiger partial charge in [-0.05, 0) is 84.0 Å². The molecule has 0 heterocycles. The van der Waals surface area contributed by atoms with E-state index in [0.29, 0.717) is 5.41 Å². The molecule has 3 aliphatic carbocycles. The Hall–Kier alpha value is -1.56. The lowest BCUT2D eigenvalue weighted by Gasteiger charge is -2.32. The van der Waals surface area contributed by atoms with Crippen LogP contribution in [0.15, 0.2) is 36.4 Å². The van der Waals surface area contributed by atoms with E-state index in [0.717, 1.165) is 11.8 Å². The molecule has 0 amide bonds. The van der Waals surface area contributed by atoms with E-state index < -0.39 is 0 Å². The van der Waals surface area contributed by atoms with Crippen molar-refractivity contribution in [1.29, 1.82) is 0 Å². The zero-order chi connectivity index (χ0) is 12.4. The van der Waals surface area contributed by atoms with Crippen LogP contribution in [0.1, 0.15) is 36.8 Å². The van der Waals surface area contributed by atoms with E-state index in [1.54, 1.807) is 11.1 Å². The van der Waals surface area contributed by atoms with Gasteiger partial charge < -0.3 is 0 Å². The normalized spacial score (nSPS) is 28.6. The molecule has 2 aromatic rings. The van der Waals surface area contributed by atoms with Crippen LogP contribution < -0.4 is 0 Å². The second-order valence-electron chi connectivity index (χ2n) is 6.36. The van der Waals surface area contributed by atoms with Crippen molar-refractivity contribution in [3.63, 3.8) is 0 Å². The summed E-state index contributed by atoms with van der Waals surface area (Å²) in [6.07, 6.45) is 5.64. The summed E-state index contributed by atoms with van der Waals surface area (Å²) in [5, 5.41) is 0.